The van der Waals surface area contributed by atoms with Crippen LogP contribution in [0.4, 0.5) is 34.1 Å². The maximum atomic E-state index is 5.34. The largest absolute Gasteiger partial charge is 0.380 e. The number of nitrogens with zero attached hydrogens (tertiary/aromatic N) is 2. The van der Waals surface area contributed by atoms with E-state index in [1.54, 1.807) is 14.2 Å². The second-order valence-corrected chi connectivity index (χ2v) is 11.8. The standard InChI is InChI=1S/C43H42N2O2/c1-5-35-15-28-43(29-32(35)2)45(38-9-7-6-8-10-38)42-26-18-37(19-27-42)36-16-24-41(25-17-36)44(39-20-11-33(12-21-39)30-46-3)40-22-13-34(14-23-40)31-47-4/h6-29H,5,30-31H2,1-4H3. The number of rotatable bonds is 12. The van der Waals surface area contributed by atoms with Crippen molar-refractivity contribution in [2.24, 2.45) is 0 Å². The lowest BCUT2D eigenvalue weighted by molar-refractivity contribution is 0.185. The summed E-state index contributed by atoms with van der Waals surface area (Å²) in [6.45, 7) is 5.59. The first-order valence-corrected chi connectivity index (χ1v) is 16.2. The summed E-state index contributed by atoms with van der Waals surface area (Å²) >= 11 is 0. The third kappa shape index (κ3) is 7.30. The summed E-state index contributed by atoms with van der Waals surface area (Å²) in [5.41, 5.74) is 14.0. The van der Waals surface area contributed by atoms with Crippen LogP contribution in [0.25, 0.3) is 11.1 Å². The third-order valence-electron chi connectivity index (χ3n) is 8.58. The van der Waals surface area contributed by atoms with Gasteiger partial charge in [-0.05, 0) is 120 Å². The van der Waals surface area contributed by atoms with E-state index in [-0.39, 0.29) is 0 Å². The van der Waals surface area contributed by atoms with E-state index in [2.05, 4.69) is 169 Å². The number of hydrogen-bond acceptors (Lipinski definition) is 4. The Hall–Kier alpha value is -5.16. The van der Waals surface area contributed by atoms with Gasteiger partial charge in [0, 0.05) is 48.3 Å². The van der Waals surface area contributed by atoms with E-state index in [1.807, 2.05) is 0 Å². The van der Waals surface area contributed by atoms with Gasteiger partial charge in [-0.2, -0.15) is 0 Å². The molecule has 0 unspecified atom stereocenters. The van der Waals surface area contributed by atoms with Gasteiger partial charge in [-0.25, -0.2) is 0 Å². The summed E-state index contributed by atoms with van der Waals surface area (Å²) in [6, 6.07) is 52.1. The van der Waals surface area contributed by atoms with Crippen molar-refractivity contribution in [3.05, 3.63) is 168 Å². The number of aryl methyl sites for hydroxylation is 2. The predicted molar refractivity (Wildman–Crippen MR) is 197 cm³/mol. The van der Waals surface area contributed by atoms with Gasteiger partial charge >= 0.3 is 0 Å². The molecule has 0 aliphatic carbocycles. The van der Waals surface area contributed by atoms with Crippen molar-refractivity contribution in [1.82, 2.24) is 0 Å². The Morgan fingerprint density at radius 3 is 1.23 bits per heavy atom. The van der Waals surface area contributed by atoms with Crippen LogP contribution < -0.4 is 9.80 Å². The molecule has 0 N–H and O–H groups in total. The van der Waals surface area contributed by atoms with Crippen molar-refractivity contribution in [2.45, 2.75) is 33.5 Å². The highest BCUT2D eigenvalue weighted by atomic mass is 16.5. The molecule has 6 aromatic rings. The van der Waals surface area contributed by atoms with Crippen molar-refractivity contribution >= 4 is 34.1 Å². The molecule has 47 heavy (non-hydrogen) atoms. The fourth-order valence-electron chi connectivity index (χ4n) is 6.11. The maximum Gasteiger partial charge on any atom is 0.0713 e. The minimum Gasteiger partial charge on any atom is -0.380 e. The average Bonchev–Trinajstić information content (AvgIpc) is 3.11. The second kappa shape index (κ2) is 15.0. The summed E-state index contributed by atoms with van der Waals surface area (Å²) in [6.07, 6.45) is 1.03. The van der Waals surface area contributed by atoms with E-state index in [9.17, 15) is 0 Å². The molecule has 0 atom stereocenters. The van der Waals surface area contributed by atoms with E-state index in [1.165, 1.54) is 22.3 Å². The molecule has 0 aliphatic heterocycles. The molecule has 0 fully saturated rings. The van der Waals surface area contributed by atoms with Gasteiger partial charge in [-0.1, -0.05) is 79.7 Å². The highest BCUT2D eigenvalue weighted by molar-refractivity contribution is 5.81. The average molecular weight is 619 g/mol. The molecule has 4 heteroatoms. The zero-order chi connectivity index (χ0) is 32.6. The van der Waals surface area contributed by atoms with Crippen LogP contribution in [-0.4, -0.2) is 14.2 Å². The Morgan fingerprint density at radius 1 is 0.447 bits per heavy atom. The zero-order valence-electron chi connectivity index (χ0n) is 27.7. The molecule has 0 radical (unpaired) electrons. The van der Waals surface area contributed by atoms with Crippen LogP contribution in [0.5, 0.6) is 0 Å². The molecule has 6 rings (SSSR count). The van der Waals surface area contributed by atoms with Crippen LogP contribution >= 0.6 is 0 Å². The number of methoxy groups -OCH3 is 2. The summed E-state index contributed by atoms with van der Waals surface area (Å²) in [5.74, 6) is 0. The lowest BCUT2D eigenvalue weighted by Gasteiger charge is -2.27. The zero-order valence-corrected chi connectivity index (χ0v) is 27.7. The quantitative estimate of drug-likeness (QED) is 0.136. The summed E-state index contributed by atoms with van der Waals surface area (Å²) in [7, 11) is 3.45. The van der Waals surface area contributed by atoms with Gasteiger partial charge in [0.15, 0.2) is 0 Å². The molecule has 236 valence electrons. The van der Waals surface area contributed by atoms with Gasteiger partial charge in [0.1, 0.15) is 0 Å². The predicted octanol–water partition coefficient (Wildman–Crippen LogP) is 11.5. The lowest BCUT2D eigenvalue weighted by Crippen LogP contribution is -2.10. The Bertz CT molecular complexity index is 1820. The van der Waals surface area contributed by atoms with E-state index in [4.69, 9.17) is 9.47 Å². The second-order valence-electron chi connectivity index (χ2n) is 11.8. The fourth-order valence-corrected chi connectivity index (χ4v) is 6.11. The van der Waals surface area contributed by atoms with Crippen LogP contribution in [0.1, 0.15) is 29.2 Å². The Labute approximate surface area is 279 Å². The van der Waals surface area contributed by atoms with Crippen LogP contribution in [0, 0.1) is 6.92 Å². The molecule has 0 aromatic heterocycles. The Morgan fingerprint density at radius 2 is 0.830 bits per heavy atom. The molecule has 0 spiro atoms. The Kier molecular flexibility index (Phi) is 10.1. The molecule has 0 bridgehead atoms. The monoisotopic (exact) mass is 618 g/mol. The minimum atomic E-state index is 0.591. The van der Waals surface area contributed by atoms with Gasteiger partial charge in [0.05, 0.1) is 13.2 Å². The van der Waals surface area contributed by atoms with Crippen molar-refractivity contribution in [3.63, 3.8) is 0 Å². The first-order chi connectivity index (χ1) is 23.1. The smallest absolute Gasteiger partial charge is 0.0713 e. The van der Waals surface area contributed by atoms with Crippen molar-refractivity contribution in [3.8, 4) is 11.1 Å². The van der Waals surface area contributed by atoms with E-state index < -0.39 is 0 Å². The maximum absolute atomic E-state index is 5.34. The van der Waals surface area contributed by atoms with Crippen LogP contribution in [0.15, 0.2) is 146 Å². The lowest BCUT2D eigenvalue weighted by atomic mass is 10.0. The molecule has 0 saturated heterocycles. The summed E-state index contributed by atoms with van der Waals surface area (Å²) < 4.78 is 10.7. The number of para-hydroxylation sites is 1. The van der Waals surface area contributed by atoms with Crippen molar-refractivity contribution in [1.29, 1.82) is 0 Å². The topological polar surface area (TPSA) is 24.9 Å². The minimum absolute atomic E-state index is 0.591. The van der Waals surface area contributed by atoms with Gasteiger partial charge in [-0.15, -0.1) is 0 Å². The van der Waals surface area contributed by atoms with E-state index >= 15 is 0 Å². The van der Waals surface area contributed by atoms with Crippen LogP contribution in [0.2, 0.25) is 0 Å². The molecule has 0 aliphatic rings. The fraction of sp³-hybridized carbons (Fsp3) is 0.163. The van der Waals surface area contributed by atoms with Gasteiger partial charge in [0.2, 0.25) is 0 Å². The molecular weight excluding hydrogens is 576 g/mol. The first kappa shape index (κ1) is 31.8. The SMILES string of the molecule is CCc1ccc(N(c2ccccc2)c2ccc(-c3ccc(N(c4ccc(COC)cc4)c4ccc(COC)cc4)cc3)cc2)cc1C. The van der Waals surface area contributed by atoms with Crippen molar-refractivity contribution in [2.75, 3.05) is 24.0 Å². The van der Waals surface area contributed by atoms with Gasteiger partial charge in [-0.3, -0.25) is 0 Å². The molecule has 4 nitrogen and oxygen atoms in total. The van der Waals surface area contributed by atoms with E-state index in [0.29, 0.717) is 13.2 Å². The van der Waals surface area contributed by atoms with Crippen LogP contribution in [-0.2, 0) is 29.1 Å². The molecule has 6 aromatic carbocycles. The molecule has 0 saturated carbocycles. The summed E-state index contributed by atoms with van der Waals surface area (Å²) in [5, 5.41) is 0. The number of hydrogen-bond donors (Lipinski definition) is 0. The van der Waals surface area contributed by atoms with Crippen molar-refractivity contribution < 1.29 is 9.47 Å². The number of benzene rings is 6. The van der Waals surface area contributed by atoms with Gasteiger partial charge < -0.3 is 19.3 Å². The highest BCUT2D eigenvalue weighted by Crippen LogP contribution is 2.38. The highest BCUT2D eigenvalue weighted by Gasteiger charge is 2.15. The number of ether oxygens (including phenoxy) is 2. The molecular formula is C43H42N2O2. The Balaban J connectivity index is 1.30. The normalized spacial score (nSPS) is 11.0. The molecule has 0 amide bonds. The molecule has 0 heterocycles. The van der Waals surface area contributed by atoms with Crippen LogP contribution in [0.3, 0.4) is 0 Å². The summed E-state index contributed by atoms with van der Waals surface area (Å²) in [4.78, 5) is 4.61. The first-order valence-electron chi connectivity index (χ1n) is 16.2. The van der Waals surface area contributed by atoms with E-state index in [0.717, 1.165) is 51.7 Å². The van der Waals surface area contributed by atoms with Gasteiger partial charge in [0.25, 0.3) is 0 Å². The number of anilines is 6. The third-order valence-corrected chi connectivity index (χ3v) is 8.58.